The molecule has 182 valence electrons. The molecule has 2 atom stereocenters. The fraction of sp³-hybridized carbons (Fsp3) is 0.400. The molecule has 0 aliphatic carbocycles. The maximum absolute atomic E-state index is 9.20. The number of hydrogen-bond acceptors (Lipinski definition) is 10. The van der Waals surface area contributed by atoms with E-state index < -0.39 is 0 Å². The van der Waals surface area contributed by atoms with Crippen LogP contribution in [0.25, 0.3) is 27.5 Å². The summed E-state index contributed by atoms with van der Waals surface area (Å²) in [6.45, 7) is 5.14. The minimum absolute atomic E-state index is 0.161. The number of rotatable bonds is 5. The molecule has 7 heterocycles. The Labute approximate surface area is 211 Å². The van der Waals surface area contributed by atoms with E-state index in [1.807, 2.05) is 30.5 Å². The third-order valence-electron chi connectivity index (χ3n) is 7.03. The summed E-state index contributed by atoms with van der Waals surface area (Å²) in [5.74, 6) is 0. The maximum atomic E-state index is 9.20. The van der Waals surface area contributed by atoms with E-state index in [1.54, 1.807) is 22.0 Å². The van der Waals surface area contributed by atoms with E-state index in [0.29, 0.717) is 31.0 Å². The molecule has 4 aromatic heterocycles. The van der Waals surface area contributed by atoms with Crippen LogP contribution in [0.5, 0.6) is 0 Å². The molecule has 0 saturated carbocycles. The lowest BCUT2D eigenvalue weighted by atomic mass is 9.99. The van der Waals surface area contributed by atoms with Gasteiger partial charge in [0.05, 0.1) is 65.2 Å². The van der Waals surface area contributed by atoms with Crippen LogP contribution in [-0.4, -0.2) is 68.8 Å². The van der Waals surface area contributed by atoms with Crippen molar-refractivity contribution >= 4 is 27.7 Å². The molecule has 36 heavy (non-hydrogen) atoms. The highest BCUT2D eigenvalue weighted by Gasteiger charge is 2.36. The summed E-state index contributed by atoms with van der Waals surface area (Å²) >= 11 is 1.59. The second kappa shape index (κ2) is 8.23. The Hall–Kier alpha value is -3.59. The molecular weight excluding hydrogens is 476 g/mol. The summed E-state index contributed by atoms with van der Waals surface area (Å²) in [4.78, 5) is 7.09. The largest absolute Gasteiger partial charge is 0.376 e. The van der Waals surface area contributed by atoms with Gasteiger partial charge in [0.15, 0.2) is 5.01 Å². The zero-order chi connectivity index (χ0) is 24.3. The molecule has 3 aliphatic rings. The Morgan fingerprint density at radius 1 is 1.14 bits per heavy atom. The predicted molar refractivity (Wildman–Crippen MR) is 135 cm³/mol. The second-order valence-corrected chi connectivity index (χ2v) is 10.9. The van der Waals surface area contributed by atoms with Crippen LogP contribution in [0.4, 0.5) is 10.8 Å². The summed E-state index contributed by atoms with van der Waals surface area (Å²) in [5.41, 5.74) is 4.67. The van der Waals surface area contributed by atoms with E-state index in [0.717, 1.165) is 64.2 Å². The van der Waals surface area contributed by atoms with Crippen molar-refractivity contribution < 1.29 is 9.47 Å². The van der Waals surface area contributed by atoms with Crippen LogP contribution in [0.15, 0.2) is 36.7 Å². The van der Waals surface area contributed by atoms with Gasteiger partial charge >= 0.3 is 0 Å². The molecule has 2 bridgehead atoms. The average Bonchev–Trinajstić information content (AvgIpc) is 3.61. The number of ether oxygens (including phenoxy) is 2. The average molecular weight is 501 g/mol. The maximum Gasteiger partial charge on any atom is 0.208 e. The van der Waals surface area contributed by atoms with Crippen molar-refractivity contribution in [1.29, 1.82) is 5.26 Å². The molecule has 11 heteroatoms. The van der Waals surface area contributed by atoms with Crippen LogP contribution in [-0.2, 0) is 9.47 Å². The van der Waals surface area contributed by atoms with Crippen molar-refractivity contribution in [1.82, 2.24) is 24.8 Å². The highest BCUT2D eigenvalue weighted by atomic mass is 32.1. The van der Waals surface area contributed by atoms with Gasteiger partial charge in [-0.2, -0.15) is 10.4 Å². The highest BCUT2D eigenvalue weighted by Crippen LogP contribution is 2.39. The summed E-state index contributed by atoms with van der Waals surface area (Å²) in [6, 6.07) is 9.91. The fourth-order valence-electron chi connectivity index (χ4n) is 5.15. The molecule has 0 spiro atoms. The van der Waals surface area contributed by atoms with Gasteiger partial charge in [-0.3, -0.25) is 4.98 Å². The molecule has 0 unspecified atom stereocenters. The third-order valence-corrected chi connectivity index (χ3v) is 8.05. The Morgan fingerprint density at radius 2 is 1.97 bits per heavy atom. The van der Waals surface area contributed by atoms with Crippen molar-refractivity contribution in [3.63, 3.8) is 0 Å². The Kier molecular flexibility index (Phi) is 4.95. The molecular formula is C25H24N8O2S. The number of nitrogens with one attached hydrogen (secondary N) is 1. The monoisotopic (exact) mass is 500 g/mol. The van der Waals surface area contributed by atoms with E-state index in [2.05, 4.69) is 38.5 Å². The molecule has 0 amide bonds. The minimum atomic E-state index is -0.161. The van der Waals surface area contributed by atoms with Crippen molar-refractivity contribution in [2.24, 2.45) is 0 Å². The topological polar surface area (TPSA) is 113 Å². The molecule has 3 fully saturated rings. The van der Waals surface area contributed by atoms with Crippen molar-refractivity contribution in [2.45, 2.75) is 37.5 Å². The summed E-state index contributed by atoms with van der Waals surface area (Å²) < 4.78 is 13.3. The molecule has 0 aromatic carbocycles. The zero-order valence-corrected chi connectivity index (χ0v) is 20.5. The van der Waals surface area contributed by atoms with Crippen LogP contribution in [0.1, 0.15) is 25.3 Å². The summed E-state index contributed by atoms with van der Waals surface area (Å²) in [6.07, 6.45) is 6.25. The van der Waals surface area contributed by atoms with Gasteiger partial charge in [-0.1, -0.05) is 11.3 Å². The van der Waals surface area contributed by atoms with Gasteiger partial charge in [0.25, 0.3) is 0 Å². The lowest BCUT2D eigenvalue weighted by Crippen LogP contribution is -2.53. The Morgan fingerprint density at radius 3 is 2.72 bits per heavy atom. The second-order valence-electron chi connectivity index (χ2n) is 9.96. The van der Waals surface area contributed by atoms with Crippen molar-refractivity contribution in [2.75, 3.05) is 36.5 Å². The van der Waals surface area contributed by atoms with E-state index >= 15 is 0 Å². The summed E-state index contributed by atoms with van der Waals surface area (Å²) in [7, 11) is 0. The summed E-state index contributed by atoms with van der Waals surface area (Å²) in [5, 5.41) is 28.2. The standard InChI is InChI=1S/C25H24N8O2S/c1-25(13-34-14-25)29-20-7-21(22-5-2-16-6-15(8-26)9-28-33(16)22)27-10-19(20)23-30-31-24(36-23)32-11-17-3-4-18(12-32)35-17/h2,5-7,9-10,17-18H,3-4,11-14H2,1H3,(H,27,29)/t17-,18+. The Bertz CT molecular complexity index is 1490. The molecule has 10 nitrogen and oxygen atoms in total. The number of fused-ring (bicyclic) bond motifs is 3. The van der Waals surface area contributed by atoms with Crippen molar-refractivity contribution in [3.05, 3.63) is 42.2 Å². The van der Waals surface area contributed by atoms with E-state index in [-0.39, 0.29) is 5.54 Å². The first-order valence-electron chi connectivity index (χ1n) is 12.1. The molecule has 7 rings (SSSR count). The molecule has 0 radical (unpaired) electrons. The number of nitrogens with zero attached hydrogens (tertiary/aromatic N) is 7. The zero-order valence-electron chi connectivity index (χ0n) is 19.7. The van der Waals surface area contributed by atoms with E-state index in [9.17, 15) is 5.26 Å². The van der Waals surface area contributed by atoms with Crippen LogP contribution < -0.4 is 10.2 Å². The van der Waals surface area contributed by atoms with Gasteiger partial charge in [-0.15, -0.1) is 10.2 Å². The first-order chi connectivity index (χ1) is 17.6. The third kappa shape index (κ3) is 3.69. The molecule has 1 N–H and O–H groups in total. The predicted octanol–water partition coefficient (Wildman–Crippen LogP) is 3.35. The first-order valence-corrected chi connectivity index (χ1v) is 12.9. The van der Waals surface area contributed by atoms with Gasteiger partial charge < -0.3 is 19.7 Å². The highest BCUT2D eigenvalue weighted by molar-refractivity contribution is 7.18. The molecule has 3 saturated heterocycles. The van der Waals surface area contributed by atoms with Gasteiger partial charge in [-0.25, -0.2) is 4.52 Å². The fourth-order valence-corrected chi connectivity index (χ4v) is 6.04. The number of morpholine rings is 1. The molecule has 4 aromatic rings. The van der Waals surface area contributed by atoms with Gasteiger partial charge in [0, 0.05) is 25.0 Å². The molecule has 3 aliphatic heterocycles. The Balaban J connectivity index is 1.26. The lowest BCUT2D eigenvalue weighted by molar-refractivity contribution is -0.0318. The van der Waals surface area contributed by atoms with Crippen LogP contribution in [0.3, 0.4) is 0 Å². The van der Waals surface area contributed by atoms with E-state index in [4.69, 9.17) is 14.5 Å². The first kappa shape index (κ1) is 21.7. The number of pyridine rings is 1. The van der Waals surface area contributed by atoms with Gasteiger partial charge in [0.2, 0.25) is 5.13 Å². The SMILES string of the molecule is CC1(Nc2cc(-c3ccc4cc(C#N)cnn34)ncc2-c2nnc(N3C[C@H]4CC[C@@H](C3)O4)s2)COC1. The minimum Gasteiger partial charge on any atom is -0.376 e. The van der Waals surface area contributed by atoms with Crippen LogP contribution >= 0.6 is 11.3 Å². The van der Waals surface area contributed by atoms with Crippen LogP contribution in [0.2, 0.25) is 0 Å². The smallest absolute Gasteiger partial charge is 0.208 e. The van der Waals surface area contributed by atoms with Gasteiger partial charge in [-0.05, 0) is 44.0 Å². The number of anilines is 2. The number of hydrogen-bond donors (Lipinski definition) is 1. The quantitative estimate of drug-likeness (QED) is 0.441. The van der Waals surface area contributed by atoms with Crippen LogP contribution in [0, 0.1) is 11.3 Å². The van der Waals surface area contributed by atoms with E-state index in [1.165, 1.54) is 0 Å². The number of aromatic nitrogens is 5. The van der Waals surface area contributed by atoms with Gasteiger partial charge in [0.1, 0.15) is 6.07 Å². The number of nitriles is 1. The van der Waals surface area contributed by atoms with Crippen molar-refractivity contribution in [3.8, 4) is 28.0 Å². The normalized spacial score (nSPS) is 22.4. The lowest BCUT2D eigenvalue weighted by Gasteiger charge is -2.40.